The van der Waals surface area contributed by atoms with Crippen LogP contribution in [-0.2, 0) is 19.3 Å². The lowest BCUT2D eigenvalue weighted by atomic mass is 9.90. The van der Waals surface area contributed by atoms with Gasteiger partial charge in [-0.25, -0.2) is 4.98 Å². The Hall–Kier alpha value is -1.19. The van der Waals surface area contributed by atoms with Crippen molar-refractivity contribution in [2.75, 3.05) is 13.1 Å². The number of hydrogen-bond donors (Lipinski definition) is 1. The van der Waals surface area contributed by atoms with Crippen LogP contribution in [0.4, 0.5) is 0 Å². The quantitative estimate of drug-likeness (QED) is 0.845. The molecule has 0 fully saturated rings. The molecule has 2 aromatic rings. The predicted molar refractivity (Wildman–Crippen MR) is 86.4 cm³/mol. The van der Waals surface area contributed by atoms with Crippen LogP contribution in [0.1, 0.15) is 35.9 Å². The molecule has 0 bridgehead atoms. The highest BCUT2D eigenvalue weighted by Gasteiger charge is 2.11. The van der Waals surface area contributed by atoms with E-state index in [1.807, 2.05) is 0 Å². The Bertz CT molecular complexity index is 574. The molecule has 1 N–H and O–H groups in total. The van der Waals surface area contributed by atoms with Crippen molar-refractivity contribution in [1.29, 1.82) is 0 Å². The van der Waals surface area contributed by atoms with Gasteiger partial charge in [0.1, 0.15) is 0 Å². The highest BCUT2D eigenvalue weighted by Crippen LogP contribution is 2.28. The van der Waals surface area contributed by atoms with Gasteiger partial charge in [-0.05, 0) is 49.4 Å². The van der Waals surface area contributed by atoms with Gasteiger partial charge in [0.25, 0.3) is 0 Å². The lowest BCUT2D eigenvalue weighted by Crippen LogP contribution is -2.15. The Balaban J connectivity index is 1.75. The van der Waals surface area contributed by atoms with Crippen molar-refractivity contribution in [2.24, 2.45) is 0 Å². The maximum atomic E-state index is 4.78. The first-order valence-electron chi connectivity index (χ1n) is 7.64. The molecule has 0 saturated carbocycles. The average Bonchev–Trinajstić information content (AvgIpc) is 2.96. The maximum absolute atomic E-state index is 4.78. The first kappa shape index (κ1) is 13.8. The number of nitrogens with zero attached hydrogens (tertiary/aromatic N) is 1. The molecule has 20 heavy (non-hydrogen) atoms. The Morgan fingerprint density at radius 1 is 1.20 bits per heavy atom. The molecule has 1 heterocycles. The SMILES string of the molecule is CCNCCc1nc(-c2ccc3c(c2)CCCC3)cs1. The Kier molecular flexibility index (Phi) is 4.48. The Morgan fingerprint density at radius 3 is 2.90 bits per heavy atom. The van der Waals surface area contributed by atoms with Crippen LogP contribution in [0.5, 0.6) is 0 Å². The van der Waals surface area contributed by atoms with Crippen molar-refractivity contribution in [2.45, 2.75) is 39.0 Å². The minimum atomic E-state index is 1.02. The third kappa shape index (κ3) is 3.10. The number of fused-ring (bicyclic) bond motifs is 1. The summed E-state index contributed by atoms with van der Waals surface area (Å²) in [6.45, 7) is 4.19. The molecule has 3 rings (SSSR count). The predicted octanol–water partition coefficient (Wildman–Crippen LogP) is 3.84. The number of thiazole rings is 1. The molecule has 3 heteroatoms. The van der Waals surface area contributed by atoms with Gasteiger partial charge in [0.05, 0.1) is 10.7 Å². The van der Waals surface area contributed by atoms with Gasteiger partial charge in [0.2, 0.25) is 0 Å². The number of nitrogens with one attached hydrogen (secondary N) is 1. The third-order valence-corrected chi connectivity index (χ3v) is 4.87. The fourth-order valence-corrected chi connectivity index (χ4v) is 3.63. The van der Waals surface area contributed by atoms with Crippen LogP contribution < -0.4 is 5.32 Å². The van der Waals surface area contributed by atoms with E-state index in [9.17, 15) is 0 Å². The molecule has 106 valence electrons. The van der Waals surface area contributed by atoms with Crippen molar-refractivity contribution in [1.82, 2.24) is 10.3 Å². The van der Waals surface area contributed by atoms with Gasteiger partial charge >= 0.3 is 0 Å². The molecule has 0 aliphatic heterocycles. The zero-order valence-electron chi connectivity index (χ0n) is 12.1. The number of likely N-dealkylation sites (N-methyl/N-ethyl adjacent to an activating group) is 1. The van der Waals surface area contributed by atoms with Crippen LogP contribution in [0.3, 0.4) is 0 Å². The number of aryl methyl sites for hydroxylation is 2. The molecular formula is C17H22N2S. The van der Waals surface area contributed by atoms with Crippen LogP contribution in [0, 0.1) is 0 Å². The molecule has 0 atom stereocenters. The monoisotopic (exact) mass is 286 g/mol. The second kappa shape index (κ2) is 6.51. The standard InChI is InChI=1S/C17H22N2S/c1-2-18-10-9-17-19-16(12-20-17)15-8-7-13-5-3-4-6-14(13)11-15/h7-8,11-12,18H,2-6,9-10H2,1H3. The second-order valence-corrected chi connectivity index (χ2v) is 6.36. The molecule has 2 nitrogen and oxygen atoms in total. The van der Waals surface area contributed by atoms with Gasteiger partial charge in [-0.2, -0.15) is 0 Å². The second-order valence-electron chi connectivity index (χ2n) is 5.42. The maximum Gasteiger partial charge on any atom is 0.0945 e. The van der Waals surface area contributed by atoms with E-state index in [0.717, 1.165) is 25.2 Å². The first-order valence-corrected chi connectivity index (χ1v) is 8.52. The van der Waals surface area contributed by atoms with Crippen LogP contribution in [0.25, 0.3) is 11.3 Å². The van der Waals surface area contributed by atoms with E-state index in [1.54, 1.807) is 16.9 Å². The first-order chi connectivity index (χ1) is 9.86. The molecule has 0 saturated heterocycles. The van der Waals surface area contributed by atoms with Gasteiger partial charge in [-0.15, -0.1) is 11.3 Å². The third-order valence-electron chi connectivity index (χ3n) is 3.96. The normalized spacial score (nSPS) is 14.2. The van der Waals surface area contributed by atoms with E-state index in [1.165, 1.54) is 41.8 Å². The van der Waals surface area contributed by atoms with Crippen molar-refractivity contribution in [3.05, 3.63) is 39.7 Å². The van der Waals surface area contributed by atoms with Crippen LogP contribution in [-0.4, -0.2) is 18.1 Å². The summed E-state index contributed by atoms with van der Waals surface area (Å²) in [6.07, 6.45) is 6.20. The summed E-state index contributed by atoms with van der Waals surface area (Å²) in [5, 5.41) is 6.79. The number of benzene rings is 1. The summed E-state index contributed by atoms with van der Waals surface area (Å²) in [4.78, 5) is 4.78. The highest BCUT2D eigenvalue weighted by atomic mass is 32.1. The van der Waals surface area contributed by atoms with Crippen molar-refractivity contribution in [3.8, 4) is 11.3 Å². The Morgan fingerprint density at radius 2 is 2.05 bits per heavy atom. The van der Waals surface area contributed by atoms with E-state index < -0.39 is 0 Å². The average molecular weight is 286 g/mol. The summed E-state index contributed by atoms with van der Waals surface area (Å²) < 4.78 is 0. The lowest BCUT2D eigenvalue weighted by Gasteiger charge is -2.16. The van der Waals surface area contributed by atoms with E-state index in [0.29, 0.717) is 0 Å². The summed E-state index contributed by atoms with van der Waals surface area (Å²) in [5.74, 6) is 0. The van der Waals surface area contributed by atoms with Gasteiger partial charge in [0.15, 0.2) is 0 Å². The number of rotatable bonds is 5. The van der Waals surface area contributed by atoms with E-state index in [4.69, 9.17) is 4.98 Å². The topological polar surface area (TPSA) is 24.9 Å². The van der Waals surface area contributed by atoms with Crippen molar-refractivity contribution >= 4 is 11.3 Å². The molecule has 1 aliphatic rings. The smallest absolute Gasteiger partial charge is 0.0945 e. The molecule has 1 aromatic carbocycles. The van der Waals surface area contributed by atoms with Gasteiger partial charge in [-0.3, -0.25) is 0 Å². The molecular weight excluding hydrogens is 264 g/mol. The molecule has 1 aromatic heterocycles. The summed E-state index contributed by atoms with van der Waals surface area (Å²) in [6, 6.07) is 6.91. The minimum Gasteiger partial charge on any atom is -0.317 e. The molecule has 0 radical (unpaired) electrons. The molecule has 1 aliphatic carbocycles. The zero-order chi connectivity index (χ0) is 13.8. The van der Waals surface area contributed by atoms with Crippen LogP contribution in [0.2, 0.25) is 0 Å². The minimum absolute atomic E-state index is 1.02. The lowest BCUT2D eigenvalue weighted by molar-refractivity contribution is 0.686. The molecule has 0 amide bonds. The van der Waals surface area contributed by atoms with E-state index in [2.05, 4.69) is 35.8 Å². The van der Waals surface area contributed by atoms with Gasteiger partial charge in [0, 0.05) is 23.9 Å². The number of hydrogen-bond acceptors (Lipinski definition) is 3. The highest BCUT2D eigenvalue weighted by molar-refractivity contribution is 7.09. The van der Waals surface area contributed by atoms with Crippen molar-refractivity contribution < 1.29 is 0 Å². The van der Waals surface area contributed by atoms with Crippen LogP contribution >= 0.6 is 11.3 Å². The van der Waals surface area contributed by atoms with E-state index >= 15 is 0 Å². The Labute approximate surface area is 125 Å². The van der Waals surface area contributed by atoms with Crippen molar-refractivity contribution in [3.63, 3.8) is 0 Å². The van der Waals surface area contributed by atoms with E-state index in [-0.39, 0.29) is 0 Å². The van der Waals surface area contributed by atoms with Gasteiger partial charge < -0.3 is 5.32 Å². The number of aromatic nitrogens is 1. The summed E-state index contributed by atoms with van der Waals surface area (Å²) >= 11 is 1.78. The van der Waals surface area contributed by atoms with Gasteiger partial charge in [-0.1, -0.05) is 19.1 Å². The fourth-order valence-electron chi connectivity index (χ4n) is 2.82. The zero-order valence-corrected chi connectivity index (χ0v) is 12.9. The molecule has 0 spiro atoms. The molecule has 0 unspecified atom stereocenters. The largest absolute Gasteiger partial charge is 0.317 e. The fraction of sp³-hybridized carbons (Fsp3) is 0.471. The van der Waals surface area contributed by atoms with Crippen LogP contribution in [0.15, 0.2) is 23.6 Å². The summed E-state index contributed by atoms with van der Waals surface area (Å²) in [7, 11) is 0. The summed E-state index contributed by atoms with van der Waals surface area (Å²) in [5.41, 5.74) is 5.52.